The Kier molecular flexibility index (Phi) is 5.90. The molecule has 5 nitrogen and oxygen atoms in total. The molecule has 3 aromatic rings. The first-order valence-electron chi connectivity index (χ1n) is 9.03. The molecule has 1 aliphatic rings. The van der Waals surface area contributed by atoms with Crippen molar-refractivity contribution in [3.05, 3.63) is 80.4 Å². The van der Waals surface area contributed by atoms with Crippen LogP contribution in [0.25, 0.3) is 6.08 Å². The van der Waals surface area contributed by atoms with Gasteiger partial charge in [-0.05, 0) is 43.3 Å². The van der Waals surface area contributed by atoms with Gasteiger partial charge in [0.15, 0.2) is 0 Å². The van der Waals surface area contributed by atoms with Gasteiger partial charge in [-0.3, -0.25) is 4.79 Å². The van der Waals surface area contributed by atoms with E-state index in [-0.39, 0.29) is 34.6 Å². The van der Waals surface area contributed by atoms with Crippen LogP contribution in [-0.2, 0) is 4.74 Å². The van der Waals surface area contributed by atoms with Gasteiger partial charge in [0, 0.05) is 27.2 Å². The zero-order chi connectivity index (χ0) is 21.3. The van der Waals surface area contributed by atoms with Crippen molar-refractivity contribution in [3.63, 3.8) is 0 Å². The van der Waals surface area contributed by atoms with E-state index in [4.69, 9.17) is 32.4 Å². The SMILES string of the molecule is CCOC(=O)c1c(Nc2ccc(Cl)cc2)oc(/C=C2\Sc3ccccc3C2=O)c1Cl. The Bertz CT molecular complexity index is 1170. The second-order valence-corrected chi connectivity index (χ2v) is 8.17. The Morgan fingerprint density at radius 2 is 1.90 bits per heavy atom. The van der Waals surface area contributed by atoms with Crippen molar-refractivity contribution < 1.29 is 18.7 Å². The highest BCUT2D eigenvalue weighted by Gasteiger charge is 2.29. The van der Waals surface area contributed by atoms with Crippen LogP contribution >= 0.6 is 35.0 Å². The molecule has 4 rings (SSSR count). The van der Waals surface area contributed by atoms with Crippen LogP contribution in [0.4, 0.5) is 11.6 Å². The average Bonchev–Trinajstić information content (AvgIpc) is 3.21. The summed E-state index contributed by atoms with van der Waals surface area (Å²) in [6.07, 6.45) is 1.55. The Hall–Kier alpha value is -2.67. The lowest BCUT2D eigenvalue weighted by atomic mass is 10.1. The number of allylic oxidation sites excluding steroid dienone is 1. The Morgan fingerprint density at radius 3 is 2.60 bits per heavy atom. The fraction of sp³-hybridized carbons (Fsp3) is 0.0909. The number of furan rings is 1. The van der Waals surface area contributed by atoms with Gasteiger partial charge in [-0.25, -0.2) is 4.79 Å². The number of ketones is 1. The van der Waals surface area contributed by atoms with Crippen molar-refractivity contribution in [3.8, 4) is 0 Å². The van der Waals surface area contributed by atoms with E-state index < -0.39 is 5.97 Å². The van der Waals surface area contributed by atoms with E-state index in [2.05, 4.69) is 5.32 Å². The van der Waals surface area contributed by atoms with E-state index in [0.717, 1.165) is 4.90 Å². The van der Waals surface area contributed by atoms with Crippen molar-refractivity contribution >= 4 is 64.4 Å². The molecule has 0 atom stereocenters. The maximum atomic E-state index is 12.7. The number of Topliss-reactive ketones (excluding diaryl/α,β-unsaturated/α-hetero) is 1. The van der Waals surface area contributed by atoms with Gasteiger partial charge in [-0.1, -0.05) is 47.1 Å². The van der Waals surface area contributed by atoms with E-state index in [1.807, 2.05) is 18.2 Å². The number of anilines is 2. The summed E-state index contributed by atoms with van der Waals surface area (Å²) in [6.45, 7) is 1.88. The lowest BCUT2D eigenvalue weighted by Crippen LogP contribution is -2.06. The van der Waals surface area contributed by atoms with Gasteiger partial charge in [-0.2, -0.15) is 0 Å². The fourth-order valence-corrected chi connectivity index (χ4v) is 4.32. The van der Waals surface area contributed by atoms with Gasteiger partial charge < -0.3 is 14.5 Å². The van der Waals surface area contributed by atoms with E-state index in [1.165, 1.54) is 11.8 Å². The Balaban J connectivity index is 1.73. The quantitative estimate of drug-likeness (QED) is 0.332. The van der Waals surface area contributed by atoms with E-state index in [9.17, 15) is 9.59 Å². The molecule has 0 fully saturated rings. The first kappa shape index (κ1) is 20.6. The third-order valence-electron chi connectivity index (χ3n) is 4.29. The molecule has 0 saturated carbocycles. The summed E-state index contributed by atoms with van der Waals surface area (Å²) in [7, 11) is 0. The molecule has 152 valence electrons. The van der Waals surface area contributed by atoms with E-state index >= 15 is 0 Å². The van der Waals surface area contributed by atoms with E-state index in [1.54, 1.807) is 43.3 Å². The molecule has 0 radical (unpaired) electrons. The second kappa shape index (κ2) is 8.60. The van der Waals surface area contributed by atoms with Crippen LogP contribution in [0.5, 0.6) is 0 Å². The van der Waals surface area contributed by atoms with Gasteiger partial charge in [0.2, 0.25) is 11.7 Å². The number of thioether (sulfide) groups is 1. The molecule has 0 saturated heterocycles. The summed E-state index contributed by atoms with van der Waals surface area (Å²) in [5, 5.41) is 3.67. The molecular weight excluding hydrogens is 445 g/mol. The normalized spacial score (nSPS) is 14.1. The maximum Gasteiger partial charge on any atom is 0.345 e. The summed E-state index contributed by atoms with van der Waals surface area (Å²) >= 11 is 13.7. The molecule has 2 heterocycles. The predicted molar refractivity (Wildman–Crippen MR) is 119 cm³/mol. The molecule has 1 aromatic heterocycles. The van der Waals surface area contributed by atoms with Gasteiger partial charge in [0.1, 0.15) is 16.3 Å². The molecule has 1 N–H and O–H groups in total. The number of benzene rings is 2. The second-order valence-electron chi connectivity index (χ2n) is 6.27. The van der Waals surface area contributed by atoms with Crippen molar-refractivity contribution in [2.24, 2.45) is 0 Å². The average molecular weight is 460 g/mol. The third-order valence-corrected chi connectivity index (χ3v) is 6.02. The standard InChI is InChI=1S/C22H15Cl2NO4S/c1-2-28-22(27)18-19(24)15(29-21(18)25-13-9-7-12(23)8-10-13)11-17-20(26)14-5-3-4-6-16(14)30-17/h3-11,25H,2H2,1H3/b17-11-. The summed E-state index contributed by atoms with van der Waals surface area (Å²) in [4.78, 5) is 26.5. The minimum atomic E-state index is -0.624. The molecule has 8 heteroatoms. The minimum absolute atomic E-state index is 0.0632. The highest BCUT2D eigenvalue weighted by Crippen LogP contribution is 2.43. The van der Waals surface area contributed by atoms with Gasteiger partial charge in [-0.15, -0.1) is 0 Å². The first-order chi connectivity index (χ1) is 14.5. The largest absolute Gasteiger partial charge is 0.462 e. The van der Waals surface area contributed by atoms with Crippen LogP contribution in [-0.4, -0.2) is 18.4 Å². The molecule has 1 aliphatic heterocycles. The van der Waals surface area contributed by atoms with Crippen LogP contribution in [0.1, 0.15) is 33.4 Å². The number of hydrogen-bond acceptors (Lipinski definition) is 6. The zero-order valence-corrected chi connectivity index (χ0v) is 18.0. The van der Waals surface area contributed by atoms with Gasteiger partial charge in [0.25, 0.3) is 0 Å². The van der Waals surface area contributed by atoms with Crippen molar-refractivity contribution in [2.45, 2.75) is 11.8 Å². The maximum absolute atomic E-state index is 12.7. The number of hydrogen-bond donors (Lipinski definition) is 1. The summed E-state index contributed by atoms with van der Waals surface area (Å²) in [5.74, 6) is -0.422. The van der Waals surface area contributed by atoms with Crippen LogP contribution in [0.15, 0.2) is 62.7 Å². The smallest absolute Gasteiger partial charge is 0.345 e. The number of rotatable bonds is 5. The Morgan fingerprint density at radius 1 is 1.17 bits per heavy atom. The lowest BCUT2D eigenvalue weighted by molar-refractivity contribution is 0.0527. The highest BCUT2D eigenvalue weighted by molar-refractivity contribution is 8.04. The van der Waals surface area contributed by atoms with Gasteiger partial charge in [0.05, 0.1) is 11.5 Å². The topological polar surface area (TPSA) is 68.5 Å². The van der Waals surface area contributed by atoms with Crippen LogP contribution in [0, 0.1) is 0 Å². The van der Waals surface area contributed by atoms with Crippen LogP contribution in [0.3, 0.4) is 0 Å². The lowest BCUT2D eigenvalue weighted by Gasteiger charge is -2.06. The number of nitrogens with one attached hydrogen (secondary N) is 1. The van der Waals surface area contributed by atoms with Crippen LogP contribution < -0.4 is 5.32 Å². The number of halogens is 2. The van der Waals surface area contributed by atoms with Crippen LogP contribution in [0.2, 0.25) is 10.0 Å². The number of fused-ring (bicyclic) bond motifs is 1. The third kappa shape index (κ3) is 3.99. The van der Waals surface area contributed by atoms with Crippen molar-refractivity contribution in [1.82, 2.24) is 0 Å². The molecule has 2 aromatic carbocycles. The summed E-state index contributed by atoms with van der Waals surface area (Å²) < 4.78 is 11.0. The van der Waals surface area contributed by atoms with Crippen molar-refractivity contribution in [1.29, 1.82) is 0 Å². The summed E-state index contributed by atoms with van der Waals surface area (Å²) in [5.41, 5.74) is 1.34. The number of carbonyl (C=O) groups excluding carboxylic acids is 2. The number of esters is 1. The zero-order valence-electron chi connectivity index (χ0n) is 15.7. The van der Waals surface area contributed by atoms with E-state index in [0.29, 0.717) is 21.2 Å². The molecule has 0 unspecified atom stereocenters. The molecule has 0 aliphatic carbocycles. The number of carbonyl (C=O) groups is 2. The van der Waals surface area contributed by atoms with Crippen molar-refractivity contribution in [2.75, 3.05) is 11.9 Å². The number of ether oxygens (including phenoxy) is 1. The molecular formula is C22H15Cl2NO4S. The molecule has 30 heavy (non-hydrogen) atoms. The molecule has 0 spiro atoms. The predicted octanol–water partition coefficient (Wildman–Crippen LogP) is 6.84. The summed E-state index contributed by atoms with van der Waals surface area (Å²) in [6, 6.07) is 14.2. The Labute approximate surface area is 187 Å². The highest BCUT2D eigenvalue weighted by atomic mass is 35.5. The first-order valence-corrected chi connectivity index (χ1v) is 10.6. The minimum Gasteiger partial charge on any atom is -0.462 e. The van der Waals surface area contributed by atoms with Gasteiger partial charge >= 0.3 is 5.97 Å². The monoisotopic (exact) mass is 459 g/mol. The molecule has 0 amide bonds. The fourth-order valence-electron chi connectivity index (χ4n) is 2.91. The molecule has 0 bridgehead atoms.